The lowest BCUT2D eigenvalue weighted by Crippen LogP contribution is -2.46. The van der Waals surface area contributed by atoms with Crippen molar-refractivity contribution in [1.82, 2.24) is 10.2 Å². The number of carboxylic acid groups (broad SMARTS) is 1. The first kappa shape index (κ1) is 20.6. The molecule has 2 atom stereocenters. The molecular weight excluding hydrogens is 368 g/mol. The number of hydrogen-bond acceptors (Lipinski definition) is 3. The molecule has 1 saturated heterocycles. The molecule has 1 aliphatic rings. The minimum Gasteiger partial charge on any atom is -0.481 e. The average Bonchev–Trinajstić information content (AvgIpc) is 2.75. The van der Waals surface area contributed by atoms with Gasteiger partial charge in [-0.15, -0.1) is 0 Å². The Hall–Kier alpha value is -3.15. The van der Waals surface area contributed by atoms with Crippen molar-refractivity contribution in [3.63, 3.8) is 0 Å². The summed E-state index contributed by atoms with van der Waals surface area (Å²) in [5.74, 6) is -2.25. The van der Waals surface area contributed by atoms with E-state index >= 15 is 0 Å². The molecule has 0 radical (unpaired) electrons. The van der Waals surface area contributed by atoms with Gasteiger partial charge in [-0.05, 0) is 24.0 Å². The lowest BCUT2D eigenvalue weighted by Gasteiger charge is -2.32. The summed E-state index contributed by atoms with van der Waals surface area (Å²) in [4.78, 5) is 38.6. The second-order valence-electron chi connectivity index (χ2n) is 7.39. The minimum absolute atomic E-state index is 0.0152. The molecule has 2 unspecified atom stereocenters. The molecule has 3 rings (SSSR count). The third-order valence-electron chi connectivity index (χ3n) is 5.32. The molecule has 1 fully saturated rings. The second kappa shape index (κ2) is 9.87. The molecule has 1 aliphatic heterocycles. The lowest BCUT2D eigenvalue weighted by molar-refractivity contribution is -0.138. The molecule has 152 valence electrons. The molecule has 2 aromatic carbocycles. The zero-order valence-corrected chi connectivity index (χ0v) is 16.3. The number of nitrogens with one attached hydrogen (secondary N) is 1. The predicted molar refractivity (Wildman–Crippen MR) is 109 cm³/mol. The van der Waals surface area contributed by atoms with Crippen LogP contribution in [0.15, 0.2) is 60.7 Å². The molecule has 1 heterocycles. The van der Waals surface area contributed by atoms with Crippen LogP contribution in [0.25, 0.3) is 0 Å². The maximum absolute atomic E-state index is 12.6. The van der Waals surface area contributed by atoms with E-state index in [1.165, 1.54) is 0 Å². The van der Waals surface area contributed by atoms with E-state index < -0.39 is 11.9 Å². The molecule has 0 bridgehead atoms. The standard InChI is InChI=1S/C23H26N2O4/c26-21(14-17-8-3-1-4-9-17)25-13-7-12-19(16-25)22(27)24-15-20(23(28)29)18-10-5-2-6-11-18/h1-6,8-11,19-20H,7,12-16H2,(H,24,27)(H,28,29). The van der Waals surface area contributed by atoms with E-state index in [9.17, 15) is 19.5 Å². The van der Waals surface area contributed by atoms with E-state index in [2.05, 4.69) is 5.32 Å². The van der Waals surface area contributed by atoms with Crippen molar-refractivity contribution in [2.24, 2.45) is 5.92 Å². The van der Waals surface area contributed by atoms with Crippen LogP contribution in [0.5, 0.6) is 0 Å². The summed E-state index contributed by atoms with van der Waals surface area (Å²) >= 11 is 0. The molecule has 0 aromatic heterocycles. The van der Waals surface area contributed by atoms with Crippen molar-refractivity contribution < 1.29 is 19.5 Å². The highest BCUT2D eigenvalue weighted by atomic mass is 16.4. The monoisotopic (exact) mass is 394 g/mol. The summed E-state index contributed by atoms with van der Waals surface area (Å²) in [5.41, 5.74) is 1.61. The molecule has 6 heteroatoms. The average molecular weight is 394 g/mol. The maximum Gasteiger partial charge on any atom is 0.312 e. The van der Waals surface area contributed by atoms with E-state index in [4.69, 9.17) is 0 Å². The SMILES string of the molecule is O=C(NCC(C(=O)O)c1ccccc1)C1CCCN(C(=O)Cc2ccccc2)C1. The zero-order valence-electron chi connectivity index (χ0n) is 16.3. The molecule has 0 aliphatic carbocycles. The van der Waals surface area contributed by atoms with Gasteiger partial charge < -0.3 is 15.3 Å². The van der Waals surface area contributed by atoms with E-state index in [1.807, 2.05) is 36.4 Å². The predicted octanol–water partition coefficient (Wildman–Crippen LogP) is 2.45. The van der Waals surface area contributed by atoms with Crippen molar-refractivity contribution >= 4 is 17.8 Å². The maximum atomic E-state index is 12.6. The van der Waals surface area contributed by atoms with Gasteiger partial charge in [-0.2, -0.15) is 0 Å². The normalized spacial score (nSPS) is 17.4. The van der Waals surface area contributed by atoms with Crippen LogP contribution in [0.4, 0.5) is 0 Å². The quantitative estimate of drug-likeness (QED) is 0.755. The summed E-state index contributed by atoms with van der Waals surface area (Å²) in [7, 11) is 0. The summed E-state index contributed by atoms with van der Waals surface area (Å²) in [6, 6.07) is 18.4. The molecule has 2 aromatic rings. The van der Waals surface area contributed by atoms with Gasteiger partial charge >= 0.3 is 5.97 Å². The first-order valence-corrected chi connectivity index (χ1v) is 9.91. The Balaban J connectivity index is 1.55. The van der Waals surface area contributed by atoms with Crippen LogP contribution in [0.2, 0.25) is 0 Å². The van der Waals surface area contributed by atoms with Gasteiger partial charge in [-0.1, -0.05) is 60.7 Å². The van der Waals surface area contributed by atoms with Crippen LogP contribution in [-0.4, -0.2) is 47.4 Å². The number of carbonyl (C=O) groups excluding carboxylic acids is 2. The third kappa shape index (κ3) is 5.67. The van der Waals surface area contributed by atoms with Crippen LogP contribution in [0.1, 0.15) is 29.9 Å². The number of hydrogen-bond donors (Lipinski definition) is 2. The smallest absolute Gasteiger partial charge is 0.312 e. The zero-order chi connectivity index (χ0) is 20.6. The number of aliphatic carboxylic acids is 1. The number of piperidine rings is 1. The molecule has 0 spiro atoms. The first-order chi connectivity index (χ1) is 14.0. The third-order valence-corrected chi connectivity index (χ3v) is 5.32. The number of amides is 2. The van der Waals surface area contributed by atoms with Crippen molar-refractivity contribution in [3.05, 3.63) is 71.8 Å². The molecule has 6 nitrogen and oxygen atoms in total. The van der Waals surface area contributed by atoms with Crippen molar-refractivity contribution in [1.29, 1.82) is 0 Å². The topological polar surface area (TPSA) is 86.7 Å². The number of rotatable bonds is 7. The fraction of sp³-hybridized carbons (Fsp3) is 0.348. The number of benzene rings is 2. The molecule has 2 N–H and O–H groups in total. The Morgan fingerprint density at radius 2 is 1.69 bits per heavy atom. The van der Waals surface area contributed by atoms with E-state index in [1.54, 1.807) is 29.2 Å². The number of carboxylic acids is 1. The molecular formula is C23H26N2O4. The van der Waals surface area contributed by atoms with Crippen molar-refractivity contribution in [2.75, 3.05) is 19.6 Å². The van der Waals surface area contributed by atoms with Crippen LogP contribution in [0, 0.1) is 5.92 Å². The second-order valence-corrected chi connectivity index (χ2v) is 7.39. The highest BCUT2D eigenvalue weighted by Gasteiger charge is 2.29. The van der Waals surface area contributed by atoms with Gasteiger partial charge in [0.25, 0.3) is 0 Å². The van der Waals surface area contributed by atoms with Crippen LogP contribution in [0.3, 0.4) is 0 Å². The van der Waals surface area contributed by atoms with Crippen LogP contribution >= 0.6 is 0 Å². The number of carbonyl (C=O) groups is 3. The van der Waals surface area contributed by atoms with Gasteiger partial charge in [0.15, 0.2) is 0 Å². The summed E-state index contributed by atoms with van der Waals surface area (Å²) in [6.45, 7) is 1.06. The number of likely N-dealkylation sites (tertiary alicyclic amines) is 1. The molecule has 2 amide bonds. The van der Waals surface area contributed by atoms with Crippen molar-refractivity contribution in [3.8, 4) is 0 Å². The lowest BCUT2D eigenvalue weighted by atomic mass is 9.95. The fourth-order valence-electron chi connectivity index (χ4n) is 3.68. The van der Waals surface area contributed by atoms with Gasteiger partial charge in [-0.25, -0.2) is 0 Å². The molecule has 0 saturated carbocycles. The van der Waals surface area contributed by atoms with E-state index in [-0.39, 0.29) is 24.3 Å². The minimum atomic E-state index is -0.972. The Morgan fingerprint density at radius 1 is 1.03 bits per heavy atom. The Kier molecular flexibility index (Phi) is 7.00. The Bertz CT molecular complexity index is 838. The van der Waals surface area contributed by atoms with Gasteiger partial charge in [-0.3, -0.25) is 14.4 Å². The first-order valence-electron chi connectivity index (χ1n) is 9.91. The van der Waals surface area contributed by atoms with Crippen LogP contribution < -0.4 is 5.32 Å². The van der Waals surface area contributed by atoms with E-state index in [0.717, 1.165) is 12.0 Å². The highest BCUT2D eigenvalue weighted by Crippen LogP contribution is 2.19. The Labute approximate surface area is 170 Å². The fourth-order valence-corrected chi connectivity index (χ4v) is 3.68. The summed E-state index contributed by atoms with van der Waals surface area (Å²) in [5, 5.41) is 12.3. The van der Waals surface area contributed by atoms with Crippen molar-refractivity contribution in [2.45, 2.75) is 25.2 Å². The van der Waals surface area contributed by atoms with Crippen LogP contribution in [-0.2, 0) is 20.8 Å². The van der Waals surface area contributed by atoms with Gasteiger partial charge in [0.1, 0.15) is 0 Å². The largest absolute Gasteiger partial charge is 0.481 e. The molecule has 29 heavy (non-hydrogen) atoms. The Morgan fingerprint density at radius 3 is 2.34 bits per heavy atom. The van der Waals surface area contributed by atoms with E-state index in [0.29, 0.717) is 31.5 Å². The van der Waals surface area contributed by atoms with Gasteiger partial charge in [0.05, 0.1) is 18.3 Å². The van der Waals surface area contributed by atoms with Gasteiger partial charge in [0, 0.05) is 19.6 Å². The van der Waals surface area contributed by atoms with Gasteiger partial charge in [0.2, 0.25) is 11.8 Å². The summed E-state index contributed by atoms with van der Waals surface area (Å²) in [6.07, 6.45) is 1.79. The summed E-state index contributed by atoms with van der Waals surface area (Å²) < 4.78 is 0. The number of nitrogens with zero attached hydrogens (tertiary/aromatic N) is 1. The highest BCUT2D eigenvalue weighted by molar-refractivity contribution is 5.83.